The van der Waals surface area contributed by atoms with Gasteiger partial charge in [-0.2, -0.15) is 0 Å². The number of nitrogens with one attached hydrogen (secondary N) is 1. The molecule has 3 amide bonds. The van der Waals surface area contributed by atoms with Crippen molar-refractivity contribution < 1.29 is 19.3 Å². The van der Waals surface area contributed by atoms with E-state index in [2.05, 4.69) is 5.32 Å². The van der Waals surface area contributed by atoms with Crippen LogP contribution in [0.1, 0.15) is 16.7 Å². The third-order valence-corrected chi connectivity index (χ3v) is 9.23. The Morgan fingerprint density at radius 2 is 1.46 bits per heavy atom. The molecular formula is C33H24Cl2N4O5S2. The van der Waals surface area contributed by atoms with Gasteiger partial charge < -0.3 is 5.32 Å². The number of carbonyl (C=O) groups is 3. The molecule has 1 saturated heterocycles. The van der Waals surface area contributed by atoms with Crippen LogP contribution in [-0.2, 0) is 14.4 Å². The number of nitro benzene ring substituents is 1. The number of nitro groups is 1. The van der Waals surface area contributed by atoms with Crippen LogP contribution in [0.25, 0.3) is 6.08 Å². The maximum Gasteiger partial charge on any atom is 0.283 e. The van der Waals surface area contributed by atoms with E-state index in [1.54, 1.807) is 60.7 Å². The molecule has 0 aromatic heterocycles. The van der Waals surface area contributed by atoms with Crippen LogP contribution in [0.2, 0.25) is 10.0 Å². The van der Waals surface area contributed by atoms with Crippen molar-refractivity contribution in [3.8, 4) is 0 Å². The number of amides is 3. The van der Waals surface area contributed by atoms with Gasteiger partial charge in [-0.1, -0.05) is 59.6 Å². The molecule has 46 heavy (non-hydrogen) atoms. The molecule has 1 heterocycles. The quantitative estimate of drug-likeness (QED) is 0.0498. The highest BCUT2D eigenvalue weighted by Crippen LogP contribution is 2.35. The zero-order valence-corrected chi connectivity index (χ0v) is 27.5. The summed E-state index contributed by atoms with van der Waals surface area (Å²) in [6, 6.07) is 23.0. The largest absolute Gasteiger partial charge is 0.325 e. The Morgan fingerprint density at radius 1 is 0.891 bits per heavy atom. The topological polar surface area (TPSA) is 113 Å². The zero-order valence-electron chi connectivity index (χ0n) is 24.3. The first kappa shape index (κ1) is 32.8. The maximum atomic E-state index is 13.9. The average Bonchev–Trinajstić information content (AvgIpc) is 3.02. The molecule has 0 bridgehead atoms. The lowest BCUT2D eigenvalue weighted by molar-refractivity contribution is -0.387. The number of halogens is 2. The molecule has 13 heteroatoms. The molecule has 0 unspecified atom stereocenters. The molecule has 9 nitrogen and oxygen atoms in total. The van der Waals surface area contributed by atoms with Gasteiger partial charge in [0, 0.05) is 21.8 Å². The van der Waals surface area contributed by atoms with Gasteiger partial charge in [0.1, 0.15) is 5.57 Å². The summed E-state index contributed by atoms with van der Waals surface area (Å²) in [6.45, 7) is 3.62. The van der Waals surface area contributed by atoms with Crippen molar-refractivity contribution in [2.75, 3.05) is 20.9 Å². The lowest BCUT2D eigenvalue weighted by Crippen LogP contribution is -2.57. The van der Waals surface area contributed by atoms with Gasteiger partial charge in [0.15, 0.2) is 5.11 Å². The van der Waals surface area contributed by atoms with Crippen molar-refractivity contribution in [2.45, 2.75) is 18.7 Å². The van der Waals surface area contributed by atoms with Crippen LogP contribution >= 0.6 is 47.2 Å². The summed E-state index contributed by atoms with van der Waals surface area (Å²) in [7, 11) is 0. The lowest BCUT2D eigenvalue weighted by atomic mass is 10.0. The van der Waals surface area contributed by atoms with E-state index in [0.29, 0.717) is 27.1 Å². The van der Waals surface area contributed by atoms with Gasteiger partial charge in [-0.15, -0.1) is 11.8 Å². The minimum absolute atomic E-state index is 0.0767. The molecule has 0 atom stereocenters. The molecule has 1 aliphatic heterocycles. The highest BCUT2D eigenvalue weighted by atomic mass is 35.5. The third-order valence-electron chi connectivity index (χ3n) is 6.98. The number of thiocarbonyl (C=S) groups is 1. The number of hydrogen-bond acceptors (Lipinski definition) is 7. The summed E-state index contributed by atoms with van der Waals surface area (Å²) < 4.78 is 0. The minimum atomic E-state index is -0.733. The molecule has 0 spiro atoms. The predicted octanol–water partition coefficient (Wildman–Crippen LogP) is 8.00. The Morgan fingerprint density at radius 3 is 1.98 bits per heavy atom. The van der Waals surface area contributed by atoms with Crippen LogP contribution in [0, 0.1) is 24.0 Å². The molecule has 4 aromatic rings. The van der Waals surface area contributed by atoms with E-state index in [0.717, 1.165) is 22.9 Å². The van der Waals surface area contributed by atoms with E-state index >= 15 is 0 Å². The van der Waals surface area contributed by atoms with E-state index in [4.69, 9.17) is 35.4 Å². The van der Waals surface area contributed by atoms with Gasteiger partial charge in [0.05, 0.1) is 26.9 Å². The fourth-order valence-electron chi connectivity index (χ4n) is 4.54. The summed E-state index contributed by atoms with van der Waals surface area (Å²) in [5.41, 5.74) is 2.46. The SMILES string of the molecule is Cc1ccc(N2C(=O)C(=Cc3ccc(SCC(=O)Nc4ccccc4)c([N+](=O)[O-])c3)C(=O)N(c3ccc(C)c(Cl)c3)C2=S)cc1Cl. The van der Waals surface area contributed by atoms with E-state index in [1.807, 2.05) is 19.9 Å². The highest BCUT2D eigenvalue weighted by molar-refractivity contribution is 8.00. The van der Waals surface area contributed by atoms with Gasteiger partial charge in [-0.05, 0) is 91.3 Å². The fraction of sp³-hybridized carbons (Fsp3) is 0.0909. The summed E-state index contributed by atoms with van der Waals surface area (Å²) in [4.78, 5) is 54.4. The van der Waals surface area contributed by atoms with Gasteiger partial charge in [0.25, 0.3) is 17.5 Å². The first-order valence-corrected chi connectivity index (χ1v) is 15.8. The number of anilines is 3. The summed E-state index contributed by atoms with van der Waals surface area (Å²) in [5.74, 6) is -1.88. The smallest absolute Gasteiger partial charge is 0.283 e. The second-order valence-corrected chi connectivity index (χ2v) is 12.4. The molecule has 1 aliphatic rings. The molecule has 4 aromatic carbocycles. The summed E-state index contributed by atoms with van der Waals surface area (Å²) in [5, 5.41) is 15.5. The average molecular weight is 692 g/mol. The number of benzene rings is 4. The highest BCUT2D eigenvalue weighted by Gasteiger charge is 2.41. The fourth-order valence-corrected chi connectivity index (χ4v) is 6.07. The Kier molecular flexibility index (Phi) is 9.88. The number of hydrogen-bond donors (Lipinski definition) is 1. The van der Waals surface area contributed by atoms with Gasteiger partial charge in [-0.25, -0.2) is 0 Å². The van der Waals surface area contributed by atoms with Crippen molar-refractivity contribution in [1.82, 2.24) is 0 Å². The monoisotopic (exact) mass is 690 g/mol. The zero-order chi connectivity index (χ0) is 33.1. The van der Waals surface area contributed by atoms with Crippen molar-refractivity contribution in [1.29, 1.82) is 0 Å². The Bertz CT molecular complexity index is 1880. The maximum absolute atomic E-state index is 13.9. The normalized spacial score (nSPS) is 13.2. The van der Waals surface area contributed by atoms with E-state index < -0.39 is 16.7 Å². The van der Waals surface area contributed by atoms with Crippen LogP contribution < -0.4 is 15.1 Å². The minimum Gasteiger partial charge on any atom is -0.325 e. The Labute approximate surface area is 283 Å². The Hall–Kier alpha value is -4.55. The van der Waals surface area contributed by atoms with Crippen LogP contribution in [-0.4, -0.2) is 33.5 Å². The van der Waals surface area contributed by atoms with Gasteiger partial charge in [0.2, 0.25) is 5.91 Å². The molecule has 1 fully saturated rings. The molecule has 1 N–H and O–H groups in total. The molecular weight excluding hydrogens is 667 g/mol. The first-order valence-electron chi connectivity index (χ1n) is 13.7. The van der Waals surface area contributed by atoms with Crippen LogP contribution in [0.3, 0.4) is 0 Å². The van der Waals surface area contributed by atoms with Gasteiger partial charge in [-0.3, -0.25) is 34.3 Å². The van der Waals surface area contributed by atoms with Crippen LogP contribution in [0.15, 0.2) is 95.4 Å². The number of para-hydroxylation sites is 1. The number of aryl methyl sites for hydroxylation is 2. The second-order valence-electron chi connectivity index (χ2n) is 10.2. The third kappa shape index (κ3) is 6.97. The van der Waals surface area contributed by atoms with Crippen molar-refractivity contribution in [3.05, 3.63) is 127 Å². The Balaban J connectivity index is 1.51. The molecule has 0 saturated carbocycles. The van der Waals surface area contributed by atoms with E-state index in [-0.39, 0.29) is 38.5 Å². The van der Waals surface area contributed by atoms with E-state index in [9.17, 15) is 24.5 Å². The molecule has 0 radical (unpaired) electrons. The number of rotatable bonds is 8. The standard InChI is InChI=1S/C33H24Cl2N4O5S2/c1-19-8-11-23(16-26(19)34)37-31(41)25(32(42)38(33(37)45)24-12-9-20(2)27(35)17-24)14-21-10-13-29(28(15-21)39(43)44)46-18-30(40)36-22-6-4-3-5-7-22/h3-17H,18H2,1-2H3,(H,36,40). The number of carbonyl (C=O) groups excluding carboxylic acids is 3. The van der Waals surface area contributed by atoms with Crippen molar-refractivity contribution in [2.24, 2.45) is 0 Å². The summed E-state index contributed by atoms with van der Waals surface area (Å²) in [6.07, 6.45) is 1.28. The van der Waals surface area contributed by atoms with Crippen LogP contribution in [0.4, 0.5) is 22.7 Å². The van der Waals surface area contributed by atoms with Crippen molar-refractivity contribution in [3.63, 3.8) is 0 Å². The molecule has 5 rings (SSSR count). The van der Waals surface area contributed by atoms with E-state index in [1.165, 1.54) is 34.1 Å². The molecule has 232 valence electrons. The predicted molar refractivity (Wildman–Crippen MR) is 187 cm³/mol. The molecule has 0 aliphatic carbocycles. The van der Waals surface area contributed by atoms with Gasteiger partial charge >= 0.3 is 0 Å². The lowest BCUT2D eigenvalue weighted by Gasteiger charge is -2.36. The van der Waals surface area contributed by atoms with Crippen LogP contribution in [0.5, 0.6) is 0 Å². The number of nitrogens with zero attached hydrogens (tertiary/aromatic N) is 3. The first-order chi connectivity index (χ1) is 21.9. The second kappa shape index (κ2) is 13.8. The number of thioether (sulfide) groups is 1. The summed E-state index contributed by atoms with van der Waals surface area (Å²) >= 11 is 19.4. The van der Waals surface area contributed by atoms with Crippen molar-refractivity contribution >= 4 is 98.8 Å².